The summed E-state index contributed by atoms with van der Waals surface area (Å²) >= 11 is 0. The molecule has 1 unspecified atom stereocenters. The highest BCUT2D eigenvalue weighted by Crippen LogP contribution is 2.42. The largest absolute Gasteiger partial charge is 0.497 e. The number of ether oxygens (including phenoxy) is 1. The van der Waals surface area contributed by atoms with Crippen molar-refractivity contribution >= 4 is 0 Å². The van der Waals surface area contributed by atoms with Gasteiger partial charge < -0.3 is 4.74 Å². The molecule has 0 aliphatic heterocycles. The maximum absolute atomic E-state index is 5.30. The first kappa shape index (κ1) is 9.57. The fourth-order valence-electron chi connectivity index (χ4n) is 1.70. The topological polar surface area (TPSA) is 9.23 Å². The SMILES string of the molecule is [CH2]C(C)c1cc(OC)cc(C2CC2)c1. The molecule has 1 nitrogen and oxygen atoms in total. The van der Waals surface area contributed by atoms with Crippen molar-refractivity contribution in [1.29, 1.82) is 0 Å². The predicted octanol–water partition coefficient (Wildman–Crippen LogP) is 3.51. The van der Waals surface area contributed by atoms with Crippen LogP contribution < -0.4 is 4.74 Å². The fraction of sp³-hybridized carbons (Fsp3) is 0.462. The Bertz CT molecular complexity index is 304. The minimum atomic E-state index is 0.336. The normalized spacial score (nSPS) is 16.0. The lowest BCUT2D eigenvalue weighted by Gasteiger charge is -2.10. The van der Waals surface area contributed by atoms with Gasteiger partial charge in [0, 0.05) is 0 Å². The highest BCUT2D eigenvalue weighted by atomic mass is 16.5. The molecule has 1 atom stereocenters. The highest BCUT2D eigenvalue weighted by Gasteiger charge is 2.24. The van der Waals surface area contributed by atoms with Crippen molar-refractivity contribution in [2.75, 3.05) is 7.11 Å². The molecule has 1 aliphatic rings. The molecular formula is C13H17O. The Morgan fingerprint density at radius 2 is 2.07 bits per heavy atom. The molecule has 1 radical (unpaired) electrons. The van der Waals surface area contributed by atoms with E-state index in [-0.39, 0.29) is 0 Å². The molecule has 1 aromatic carbocycles. The van der Waals surface area contributed by atoms with Gasteiger partial charge in [0.05, 0.1) is 7.11 Å². The summed E-state index contributed by atoms with van der Waals surface area (Å²) in [4.78, 5) is 0. The van der Waals surface area contributed by atoms with E-state index >= 15 is 0 Å². The molecule has 0 bridgehead atoms. The number of methoxy groups -OCH3 is 1. The van der Waals surface area contributed by atoms with Crippen LogP contribution >= 0.6 is 0 Å². The van der Waals surface area contributed by atoms with Crippen LogP contribution in [-0.4, -0.2) is 7.11 Å². The summed E-state index contributed by atoms with van der Waals surface area (Å²) in [7, 11) is 1.73. The Hall–Kier alpha value is -0.980. The molecule has 0 aromatic heterocycles. The monoisotopic (exact) mass is 189 g/mol. The van der Waals surface area contributed by atoms with Crippen LogP contribution in [0.3, 0.4) is 0 Å². The molecule has 1 heteroatoms. The summed E-state index contributed by atoms with van der Waals surface area (Å²) in [6.45, 7) is 6.17. The maximum Gasteiger partial charge on any atom is 0.119 e. The Kier molecular flexibility index (Phi) is 2.49. The van der Waals surface area contributed by atoms with E-state index in [4.69, 9.17) is 4.74 Å². The second-order valence-electron chi connectivity index (χ2n) is 4.21. The van der Waals surface area contributed by atoms with Crippen molar-refractivity contribution in [2.45, 2.75) is 31.6 Å². The third kappa shape index (κ3) is 1.92. The maximum atomic E-state index is 5.30. The third-order valence-corrected chi connectivity index (χ3v) is 2.80. The lowest BCUT2D eigenvalue weighted by Crippen LogP contribution is -1.93. The van der Waals surface area contributed by atoms with Gasteiger partial charge in [0.15, 0.2) is 0 Å². The zero-order valence-corrected chi connectivity index (χ0v) is 8.92. The Labute approximate surface area is 86.1 Å². The highest BCUT2D eigenvalue weighted by molar-refractivity contribution is 5.39. The molecular weight excluding hydrogens is 172 g/mol. The molecule has 1 aromatic rings. The van der Waals surface area contributed by atoms with Crippen LogP contribution in [0.1, 0.15) is 42.7 Å². The number of benzene rings is 1. The predicted molar refractivity (Wildman–Crippen MR) is 58.7 cm³/mol. The van der Waals surface area contributed by atoms with Crippen LogP contribution in [0.5, 0.6) is 5.75 Å². The number of hydrogen-bond acceptors (Lipinski definition) is 1. The Balaban J connectivity index is 2.35. The Morgan fingerprint density at radius 1 is 1.36 bits per heavy atom. The van der Waals surface area contributed by atoms with Gasteiger partial charge in [-0.25, -0.2) is 0 Å². The summed E-state index contributed by atoms with van der Waals surface area (Å²) in [5.74, 6) is 2.09. The van der Waals surface area contributed by atoms with E-state index in [2.05, 4.69) is 32.0 Å². The second-order valence-corrected chi connectivity index (χ2v) is 4.21. The van der Waals surface area contributed by atoms with E-state index in [1.54, 1.807) is 7.11 Å². The van der Waals surface area contributed by atoms with Crippen LogP contribution in [0.4, 0.5) is 0 Å². The van der Waals surface area contributed by atoms with Gasteiger partial charge in [-0.15, -0.1) is 0 Å². The molecule has 1 saturated carbocycles. The minimum Gasteiger partial charge on any atom is -0.497 e. The van der Waals surface area contributed by atoms with Gasteiger partial charge in [0.2, 0.25) is 0 Å². The smallest absolute Gasteiger partial charge is 0.119 e. The summed E-state index contributed by atoms with van der Waals surface area (Å²) in [5.41, 5.74) is 2.71. The zero-order valence-electron chi connectivity index (χ0n) is 8.92. The molecule has 0 heterocycles. The van der Waals surface area contributed by atoms with Crippen molar-refractivity contribution < 1.29 is 4.74 Å². The number of rotatable bonds is 3. The molecule has 0 saturated heterocycles. The first-order valence-electron chi connectivity index (χ1n) is 5.22. The van der Waals surface area contributed by atoms with Gasteiger partial charge in [-0.05, 0) is 54.9 Å². The molecule has 0 spiro atoms. The lowest BCUT2D eigenvalue weighted by atomic mass is 9.98. The lowest BCUT2D eigenvalue weighted by molar-refractivity contribution is 0.413. The van der Waals surface area contributed by atoms with Gasteiger partial charge in [-0.1, -0.05) is 13.0 Å². The summed E-state index contributed by atoms with van der Waals surface area (Å²) in [5, 5.41) is 0. The molecule has 2 rings (SSSR count). The average Bonchev–Trinajstić information content (AvgIpc) is 3.00. The minimum absolute atomic E-state index is 0.336. The standard InChI is InChI=1S/C13H17O/c1-9(2)11-6-12(10-4-5-10)8-13(7-11)14-3/h6-10H,1,4-5H2,2-3H3. The van der Waals surface area contributed by atoms with E-state index < -0.39 is 0 Å². The van der Waals surface area contributed by atoms with Gasteiger partial charge >= 0.3 is 0 Å². The van der Waals surface area contributed by atoms with Crippen LogP contribution in [0.15, 0.2) is 18.2 Å². The fourth-order valence-corrected chi connectivity index (χ4v) is 1.70. The van der Waals surface area contributed by atoms with E-state index in [9.17, 15) is 0 Å². The van der Waals surface area contributed by atoms with Crippen molar-refractivity contribution in [3.8, 4) is 5.75 Å². The van der Waals surface area contributed by atoms with Gasteiger partial charge in [0.1, 0.15) is 5.75 Å². The van der Waals surface area contributed by atoms with Crippen molar-refractivity contribution in [3.05, 3.63) is 36.2 Å². The van der Waals surface area contributed by atoms with Crippen LogP contribution in [0, 0.1) is 6.92 Å². The molecule has 14 heavy (non-hydrogen) atoms. The van der Waals surface area contributed by atoms with Crippen LogP contribution in [-0.2, 0) is 0 Å². The number of hydrogen-bond donors (Lipinski definition) is 0. The van der Waals surface area contributed by atoms with E-state index in [0.717, 1.165) is 11.7 Å². The van der Waals surface area contributed by atoms with Crippen LogP contribution in [0.25, 0.3) is 0 Å². The second kappa shape index (κ2) is 3.64. The molecule has 75 valence electrons. The van der Waals surface area contributed by atoms with Gasteiger partial charge in [-0.3, -0.25) is 0 Å². The zero-order chi connectivity index (χ0) is 10.1. The van der Waals surface area contributed by atoms with E-state index in [0.29, 0.717) is 5.92 Å². The molecule has 1 fully saturated rings. The van der Waals surface area contributed by atoms with Crippen LogP contribution in [0.2, 0.25) is 0 Å². The summed E-state index contributed by atoms with van der Waals surface area (Å²) in [6.07, 6.45) is 2.66. The molecule has 0 amide bonds. The Morgan fingerprint density at radius 3 is 2.57 bits per heavy atom. The molecule has 0 N–H and O–H groups in total. The quantitative estimate of drug-likeness (QED) is 0.707. The average molecular weight is 189 g/mol. The summed E-state index contributed by atoms with van der Waals surface area (Å²) in [6, 6.07) is 6.52. The first-order chi connectivity index (χ1) is 6.70. The van der Waals surface area contributed by atoms with Crippen molar-refractivity contribution in [1.82, 2.24) is 0 Å². The summed E-state index contributed by atoms with van der Waals surface area (Å²) < 4.78 is 5.30. The van der Waals surface area contributed by atoms with E-state index in [1.807, 2.05) is 0 Å². The van der Waals surface area contributed by atoms with Crippen molar-refractivity contribution in [2.24, 2.45) is 0 Å². The third-order valence-electron chi connectivity index (χ3n) is 2.80. The van der Waals surface area contributed by atoms with Crippen molar-refractivity contribution in [3.63, 3.8) is 0 Å². The van der Waals surface area contributed by atoms with Gasteiger partial charge in [-0.2, -0.15) is 0 Å². The molecule has 1 aliphatic carbocycles. The van der Waals surface area contributed by atoms with E-state index in [1.165, 1.54) is 24.0 Å². The first-order valence-corrected chi connectivity index (χ1v) is 5.22. The van der Waals surface area contributed by atoms with Gasteiger partial charge in [0.25, 0.3) is 0 Å².